The van der Waals surface area contributed by atoms with Crippen LogP contribution in [0.3, 0.4) is 0 Å². The molecule has 5 nitrogen and oxygen atoms in total. The van der Waals surface area contributed by atoms with Crippen LogP contribution in [-0.2, 0) is 0 Å². The number of nitriles is 1. The molecule has 1 aliphatic heterocycles. The number of hydrogen-bond donors (Lipinski definition) is 1. The van der Waals surface area contributed by atoms with E-state index in [9.17, 15) is 0 Å². The lowest BCUT2D eigenvalue weighted by Gasteiger charge is -2.29. The number of hydrogen-bond acceptors (Lipinski definition) is 5. The molecule has 2 rings (SSSR count). The normalized spacial score (nSPS) is 20.8. The van der Waals surface area contributed by atoms with E-state index in [1.807, 2.05) is 6.07 Å². The molecule has 0 radical (unpaired) electrons. The Morgan fingerprint density at radius 3 is 3.24 bits per heavy atom. The summed E-state index contributed by atoms with van der Waals surface area (Å²) in [7, 11) is 2.16. The number of anilines is 1. The van der Waals surface area contributed by atoms with E-state index in [1.54, 1.807) is 6.07 Å². The second kappa shape index (κ2) is 5.60. The minimum atomic E-state index is 0.406. The number of rotatable bonds is 3. The lowest BCUT2D eigenvalue weighted by Crippen LogP contribution is -2.35. The molecule has 1 saturated heterocycles. The van der Waals surface area contributed by atoms with E-state index in [0.717, 1.165) is 18.9 Å². The van der Waals surface area contributed by atoms with Gasteiger partial charge in [0.15, 0.2) is 0 Å². The van der Waals surface area contributed by atoms with Crippen LogP contribution in [0.15, 0.2) is 12.4 Å². The Kier molecular flexibility index (Phi) is 3.89. The fourth-order valence-electron chi connectivity index (χ4n) is 2.20. The molecule has 1 aliphatic rings. The van der Waals surface area contributed by atoms with Gasteiger partial charge >= 0.3 is 0 Å². The monoisotopic (exact) mass is 231 g/mol. The van der Waals surface area contributed by atoms with Crippen molar-refractivity contribution in [1.29, 1.82) is 5.26 Å². The zero-order valence-corrected chi connectivity index (χ0v) is 10.1. The Morgan fingerprint density at radius 2 is 2.47 bits per heavy atom. The molecule has 17 heavy (non-hydrogen) atoms. The van der Waals surface area contributed by atoms with Crippen molar-refractivity contribution in [3.8, 4) is 6.07 Å². The van der Waals surface area contributed by atoms with Crippen molar-refractivity contribution in [3.05, 3.63) is 18.1 Å². The average Bonchev–Trinajstić information content (AvgIpc) is 2.37. The molecule has 0 aliphatic carbocycles. The number of nitrogens with one attached hydrogen (secondary N) is 1. The molecule has 1 N–H and O–H groups in total. The second-order valence-corrected chi connectivity index (χ2v) is 4.55. The highest BCUT2D eigenvalue weighted by Gasteiger charge is 2.16. The van der Waals surface area contributed by atoms with E-state index in [2.05, 4.69) is 27.2 Å². The van der Waals surface area contributed by atoms with Gasteiger partial charge in [0.05, 0.1) is 0 Å². The van der Waals surface area contributed by atoms with Crippen LogP contribution in [0, 0.1) is 17.2 Å². The lowest BCUT2D eigenvalue weighted by molar-refractivity contribution is 0.217. The largest absolute Gasteiger partial charge is 0.370 e. The van der Waals surface area contributed by atoms with Gasteiger partial charge in [0.1, 0.15) is 23.9 Å². The van der Waals surface area contributed by atoms with Crippen LogP contribution in [0.4, 0.5) is 5.82 Å². The first kappa shape index (κ1) is 11.8. The van der Waals surface area contributed by atoms with Crippen molar-refractivity contribution >= 4 is 5.82 Å². The van der Waals surface area contributed by atoms with Gasteiger partial charge in [-0.05, 0) is 32.4 Å². The van der Waals surface area contributed by atoms with Gasteiger partial charge in [0, 0.05) is 19.2 Å². The molecular formula is C12H17N5. The molecule has 0 saturated carbocycles. The minimum Gasteiger partial charge on any atom is -0.370 e. The van der Waals surface area contributed by atoms with E-state index < -0.39 is 0 Å². The summed E-state index contributed by atoms with van der Waals surface area (Å²) < 4.78 is 0. The molecule has 1 aromatic heterocycles. The smallest absolute Gasteiger partial charge is 0.145 e. The third-order valence-electron chi connectivity index (χ3n) is 3.08. The van der Waals surface area contributed by atoms with Crippen LogP contribution in [0.2, 0.25) is 0 Å². The van der Waals surface area contributed by atoms with Crippen LogP contribution >= 0.6 is 0 Å². The van der Waals surface area contributed by atoms with Crippen LogP contribution in [0.5, 0.6) is 0 Å². The van der Waals surface area contributed by atoms with Crippen molar-refractivity contribution in [3.63, 3.8) is 0 Å². The third kappa shape index (κ3) is 3.40. The first-order valence-electron chi connectivity index (χ1n) is 5.92. The highest BCUT2D eigenvalue weighted by atomic mass is 15.1. The van der Waals surface area contributed by atoms with Crippen molar-refractivity contribution in [1.82, 2.24) is 14.9 Å². The minimum absolute atomic E-state index is 0.406. The van der Waals surface area contributed by atoms with Gasteiger partial charge in [0.2, 0.25) is 0 Å². The zero-order valence-electron chi connectivity index (χ0n) is 10.1. The summed E-state index contributed by atoms with van der Waals surface area (Å²) in [5.41, 5.74) is 0.406. The van der Waals surface area contributed by atoms with Crippen LogP contribution < -0.4 is 5.32 Å². The van der Waals surface area contributed by atoms with Crippen LogP contribution in [-0.4, -0.2) is 41.5 Å². The second-order valence-electron chi connectivity index (χ2n) is 4.55. The summed E-state index contributed by atoms with van der Waals surface area (Å²) in [4.78, 5) is 10.3. The molecular weight excluding hydrogens is 214 g/mol. The van der Waals surface area contributed by atoms with Gasteiger partial charge in [-0.3, -0.25) is 0 Å². The van der Waals surface area contributed by atoms with Gasteiger partial charge in [-0.15, -0.1) is 0 Å². The summed E-state index contributed by atoms with van der Waals surface area (Å²) in [5, 5.41) is 12.0. The molecule has 2 heterocycles. The molecule has 1 fully saturated rings. The van der Waals surface area contributed by atoms with Gasteiger partial charge in [0.25, 0.3) is 0 Å². The maximum atomic E-state index is 8.74. The summed E-state index contributed by atoms with van der Waals surface area (Å²) >= 11 is 0. The Hall–Kier alpha value is -1.67. The van der Waals surface area contributed by atoms with Crippen molar-refractivity contribution < 1.29 is 0 Å². The fraction of sp³-hybridized carbons (Fsp3) is 0.583. The number of nitrogens with zero attached hydrogens (tertiary/aromatic N) is 4. The Bertz CT molecular complexity index is 412. The van der Waals surface area contributed by atoms with Gasteiger partial charge < -0.3 is 10.2 Å². The molecule has 1 aromatic rings. The molecule has 0 spiro atoms. The Labute approximate surface area is 101 Å². The highest BCUT2D eigenvalue weighted by molar-refractivity contribution is 5.38. The number of likely N-dealkylation sites (tertiary alicyclic amines) is 1. The van der Waals surface area contributed by atoms with Crippen LogP contribution in [0.25, 0.3) is 0 Å². The molecule has 1 atom stereocenters. The summed E-state index contributed by atoms with van der Waals surface area (Å²) in [6, 6.07) is 3.70. The predicted octanol–water partition coefficient (Wildman–Crippen LogP) is 1.10. The van der Waals surface area contributed by atoms with E-state index in [0.29, 0.717) is 11.6 Å². The Balaban J connectivity index is 1.87. The molecule has 0 aromatic carbocycles. The summed E-state index contributed by atoms with van der Waals surface area (Å²) in [6.45, 7) is 3.23. The maximum Gasteiger partial charge on any atom is 0.145 e. The standard InChI is InChI=1S/C12H17N5/c1-17-4-2-3-10(8-17)7-14-12-5-11(6-13)15-9-16-12/h5,9-10H,2-4,7-8H2,1H3,(H,14,15,16). The van der Waals surface area contributed by atoms with E-state index >= 15 is 0 Å². The first-order chi connectivity index (χ1) is 8.28. The topological polar surface area (TPSA) is 64.8 Å². The van der Waals surface area contributed by atoms with Gasteiger partial charge in [-0.1, -0.05) is 0 Å². The van der Waals surface area contributed by atoms with Crippen LogP contribution in [0.1, 0.15) is 18.5 Å². The van der Waals surface area contributed by atoms with Crippen molar-refractivity contribution in [2.45, 2.75) is 12.8 Å². The fourth-order valence-corrected chi connectivity index (χ4v) is 2.20. The van der Waals surface area contributed by atoms with E-state index in [4.69, 9.17) is 5.26 Å². The first-order valence-corrected chi connectivity index (χ1v) is 5.92. The molecule has 5 heteroatoms. The maximum absolute atomic E-state index is 8.74. The molecule has 0 amide bonds. The van der Waals surface area contributed by atoms with Gasteiger partial charge in [-0.2, -0.15) is 5.26 Å². The summed E-state index contributed by atoms with van der Waals surface area (Å²) in [5.74, 6) is 1.40. The predicted molar refractivity (Wildman–Crippen MR) is 65.5 cm³/mol. The average molecular weight is 231 g/mol. The lowest BCUT2D eigenvalue weighted by atomic mass is 9.98. The SMILES string of the molecule is CN1CCCC(CNc2cc(C#N)ncn2)C1. The molecule has 0 bridgehead atoms. The highest BCUT2D eigenvalue weighted by Crippen LogP contribution is 2.15. The van der Waals surface area contributed by atoms with E-state index in [1.165, 1.54) is 25.7 Å². The molecule has 90 valence electrons. The van der Waals surface area contributed by atoms with Crippen molar-refractivity contribution in [2.24, 2.45) is 5.92 Å². The Morgan fingerprint density at radius 1 is 1.59 bits per heavy atom. The van der Waals surface area contributed by atoms with Crippen molar-refractivity contribution in [2.75, 3.05) is 32.0 Å². The molecule has 1 unspecified atom stereocenters. The number of piperidine rings is 1. The van der Waals surface area contributed by atoms with Gasteiger partial charge in [-0.25, -0.2) is 9.97 Å². The zero-order chi connectivity index (χ0) is 12.1. The third-order valence-corrected chi connectivity index (χ3v) is 3.08. The number of aromatic nitrogens is 2. The quantitative estimate of drug-likeness (QED) is 0.844. The van der Waals surface area contributed by atoms with E-state index in [-0.39, 0.29) is 0 Å². The summed E-state index contributed by atoms with van der Waals surface area (Å²) in [6.07, 6.45) is 3.94.